The standard InChI is InChI=1S/C24H28FN3O5S/c1-16-13-28(17(2)15-29)24(30)20-11-18(9-10-19-7-5-6-8-21(19)25)12-26-23(20)33-22(16)14-27(3)34(4,31)32/h5-8,11-12,16-17,22,29H,13-15H2,1-4H3/t16-,17+,22+/m1/s1. The molecule has 182 valence electrons. The topological polar surface area (TPSA) is 100 Å². The molecule has 2 aromatic rings. The van der Waals surface area contributed by atoms with E-state index in [1.807, 2.05) is 6.92 Å². The summed E-state index contributed by atoms with van der Waals surface area (Å²) < 4.78 is 45.0. The van der Waals surface area contributed by atoms with Crippen molar-refractivity contribution < 1.29 is 27.4 Å². The molecule has 34 heavy (non-hydrogen) atoms. The molecule has 0 spiro atoms. The average Bonchev–Trinajstić information content (AvgIpc) is 2.79. The summed E-state index contributed by atoms with van der Waals surface area (Å²) in [5.74, 6) is 4.52. The number of fused-ring (bicyclic) bond motifs is 1. The number of hydrogen-bond acceptors (Lipinski definition) is 6. The third kappa shape index (κ3) is 5.91. The lowest BCUT2D eigenvalue weighted by molar-refractivity contribution is 0.0373. The van der Waals surface area contributed by atoms with Gasteiger partial charge in [-0.15, -0.1) is 0 Å². The Kier molecular flexibility index (Phi) is 7.92. The molecule has 1 aromatic heterocycles. The van der Waals surface area contributed by atoms with Gasteiger partial charge in [0.25, 0.3) is 5.91 Å². The molecule has 0 saturated carbocycles. The third-order valence-electron chi connectivity index (χ3n) is 5.74. The Morgan fingerprint density at radius 2 is 2.06 bits per heavy atom. The molecule has 3 rings (SSSR count). The van der Waals surface area contributed by atoms with Crippen molar-refractivity contribution in [2.45, 2.75) is 26.0 Å². The van der Waals surface area contributed by atoms with E-state index in [1.165, 1.54) is 34.6 Å². The molecule has 1 aliphatic heterocycles. The highest BCUT2D eigenvalue weighted by Crippen LogP contribution is 2.27. The van der Waals surface area contributed by atoms with Crippen LogP contribution in [0.2, 0.25) is 0 Å². The van der Waals surface area contributed by atoms with Gasteiger partial charge in [0.15, 0.2) is 0 Å². The van der Waals surface area contributed by atoms with Gasteiger partial charge in [0.05, 0.1) is 31.0 Å². The smallest absolute Gasteiger partial charge is 0.259 e. The zero-order chi connectivity index (χ0) is 25.0. The van der Waals surface area contributed by atoms with Crippen LogP contribution in [0, 0.1) is 23.6 Å². The lowest BCUT2D eigenvalue weighted by Gasteiger charge is -2.37. The predicted molar refractivity (Wildman–Crippen MR) is 125 cm³/mol. The van der Waals surface area contributed by atoms with Crippen molar-refractivity contribution in [1.82, 2.24) is 14.2 Å². The summed E-state index contributed by atoms with van der Waals surface area (Å²) in [4.78, 5) is 19.2. The summed E-state index contributed by atoms with van der Waals surface area (Å²) in [5.41, 5.74) is 0.735. The second-order valence-electron chi connectivity index (χ2n) is 8.47. The summed E-state index contributed by atoms with van der Waals surface area (Å²) in [7, 11) is -1.99. The monoisotopic (exact) mass is 489 g/mol. The predicted octanol–water partition coefficient (Wildman–Crippen LogP) is 1.73. The SMILES string of the molecule is C[C@@H]1CN([C@@H](C)CO)C(=O)c2cc(C#Cc3ccccc3F)cnc2O[C@H]1CN(C)S(C)(=O)=O. The van der Waals surface area contributed by atoms with Gasteiger partial charge in [-0.05, 0) is 25.1 Å². The maximum absolute atomic E-state index is 13.9. The molecule has 1 aliphatic rings. The number of carbonyl (C=O) groups excluding carboxylic acids is 1. The average molecular weight is 490 g/mol. The van der Waals surface area contributed by atoms with Crippen LogP contribution in [-0.2, 0) is 10.0 Å². The number of carbonyl (C=O) groups is 1. The quantitative estimate of drug-likeness (QED) is 0.643. The molecule has 1 amide bonds. The van der Waals surface area contributed by atoms with Crippen LogP contribution >= 0.6 is 0 Å². The highest BCUT2D eigenvalue weighted by atomic mass is 32.2. The van der Waals surface area contributed by atoms with Gasteiger partial charge < -0.3 is 14.7 Å². The van der Waals surface area contributed by atoms with Crippen LogP contribution in [-0.4, -0.2) is 78.8 Å². The van der Waals surface area contributed by atoms with Crippen LogP contribution in [0.1, 0.15) is 35.3 Å². The zero-order valence-corrected chi connectivity index (χ0v) is 20.3. The summed E-state index contributed by atoms with van der Waals surface area (Å²) in [6.07, 6.45) is 1.93. The van der Waals surface area contributed by atoms with E-state index in [9.17, 15) is 22.7 Å². The van der Waals surface area contributed by atoms with Crippen LogP contribution < -0.4 is 4.74 Å². The highest BCUT2D eigenvalue weighted by molar-refractivity contribution is 7.88. The Labute approximate surface area is 199 Å². The first kappa shape index (κ1) is 25.6. The van der Waals surface area contributed by atoms with Crippen LogP contribution in [0.4, 0.5) is 4.39 Å². The van der Waals surface area contributed by atoms with Gasteiger partial charge in [-0.2, -0.15) is 0 Å². The van der Waals surface area contributed by atoms with Crippen LogP contribution in [0.15, 0.2) is 36.5 Å². The summed E-state index contributed by atoms with van der Waals surface area (Å²) in [6, 6.07) is 7.13. The number of aliphatic hydroxyl groups is 1. The molecule has 1 aromatic carbocycles. The molecular weight excluding hydrogens is 461 g/mol. The van der Waals surface area contributed by atoms with E-state index in [1.54, 1.807) is 25.1 Å². The van der Waals surface area contributed by atoms with E-state index in [0.29, 0.717) is 5.56 Å². The maximum Gasteiger partial charge on any atom is 0.259 e. The Bertz CT molecular complexity index is 1220. The van der Waals surface area contributed by atoms with Gasteiger partial charge in [0.2, 0.25) is 15.9 Å². The number of rotatable bonds is 5. The number of hydrogen-bond donors (Lipinski definition) is 1. The van der Waals surface area contributed by atoms with Gasteiger partial charge in [0, 0.05) is 31.3 Å². The van der Waals surface area contributed by atoms with Gasteiger partial charge in [0.1, 0.15) is 17.5 Å². The molecule has 8 nitrogen and oxygen atoms in total. The number of halogens is 1. The van der Waals surface area contributed by atoms with Crippen LogP contribution in [0.25, 0.3) is 0 Å². The number of nitrogens with zero attached hydrogens (tertiary/aromatic N) is 3. The molecule has 3 atom stereocenters. The number of likely N-dealkylation sites (N-methyl/N-ethyl adjacent to an activating group) is 1. The van der Waals surface area contributed by atoms with Crippen molar-refractivity contribution in [1.29, 1.82) is 0 Å². The molecule has 0 radical (unpaired) electrons. The number of benzene rings is 1. The van der Waals surface area contributed by atoms with Crippen molar-refractivity contribution in [2.24, 2.45) is 5.92 Å². The van der Waals surface area contributed by atoms with E-state index in [2.05, 4.69) is 16.8 Å². The molecule has 0 unspecified atom stereocenters. The fourth-order valence-corrected chi connectivity index (χ4v) is 3.90. The van der Waals surface area contributed by atoms with E-state index in [4.69, 9.17) is 4.74 Å². The summed E-state index contributed by atoms with van der Waals surface area (Å²) in [5, 5.41) is 9.72. The van der Waals surface area contributed by atoms with Crippen molar-refractivity contribution in [2.75, 3.05) is 33.0 Å². The summed E-state index contributed by atoms with van der Waals surface area (Å²) >= 11 is 0. The highest BCUT2D eigenvalue weighted by Gasteiger charge is 2.35. The molecule has 0 aliphatic carbocycles. The zero-order valence-electron chi connectivity index (χ0n) is 19.5. The van der Waals surface area contributed by atoms with Gasteiger partial charge in [-0.3, -0.25) is 4.79 Å². The molecule has 0 fully saturated rings. The number of amides is 1. The third-order valence-corrected chi connectivity index (χ3v) is 7.02. The lowest BCUT2D eigenvalue weighted by Crippen LogP contribution is -2.50. The molecule has 2 heterocycles. The minimum atomic E-state index is -3.45. The molecule has 10 heteroatoms. The van der Waals surface area contributed by atoms with E-state index in [0.717, 1.165) is 6.26 Å². The van der Waals surface area contributed by atoms with Crippen molar-refractivity contribution in [3.05, 3.63) is 59.0 Å². The first-order valence-corrected chi connectivity index (χ1v) is 12.6. The fraction of sp³-hybridized carbons (Fsp3) is 0.417. The van der Waals surface area contributed by atoms with Crippen molar-refractivity contribution in [3.8, 4) is 17.7 Å². The number of aromatic nitrogens is 1. The summed E-state index contributed by atoms with van der Waals surface area (Å²) in [6.45, 7) is 3.63. The molecule has 1 N–H and O–H groups in total. The van der Waals surface area contributed by atoms with E-state index >= 15 is 0 Å². The van der Waals surface area contributed by atoms with E-state index in [-0.39, 0.29) is 48.5 Å². The van der Waals surface area contributed by atoms with Gasteiger partial charge >= 0.3 is 0 Å². The van der Waals surface area contributed by atoms with Gasteiger partial charge in [-0.25, -0.2) is 22.1 Å². The van der Waals surface area contributed by atoms with Crippen LogP contribution in [0.3, 0.4) is 0 Å². The maximum atomic E-state index is 13.9. The second-order valence-corrected chi connectivity index (χ2v) is 10.6. The Hall–Kier alpha value is -3.00. The number of sulfonamides is 1. The minimum Gasteiger partial charge on any atom is -0.472 e. The van der Waals surface area contributed by atoms with Crippen LogP contribution in [0.5, 0.6) is 5.88 Å². The first-order valence-electron chi connectivity index (χ1n) is 10.8. The second kappa shape index (κ2) is 10.5. The number of aliphatic hydroxyl groups excluding tert-OH is 1. The Morgan fingerprint density at radius 1 is 1.35 bits per heavy atom. The molecule has 0 bridgehead atoms. The number of ether oxygens (including phenoxy) is 1. The Balaban J connectivity index is 2.03. The van der Waals surface area contributed by atoms with Crippen molar-refractivity contribution in [3.63, 3.8) is 0 Å². The number of pyridine rings is 1. The largest absolute Gasteiger partial charge is 0.472 e. The van der Waals surface area contributed by atoms with Crippen molar-refractivity contribution >= 4 is 15.9 Å². The lowest BCUT2D eigenvalue weighted by atomic mass is 10.0. The van der Waals surface area contributed by atoms with Gasteiger partial charge in [-0.1, -0.05) is 30.9 Å². The normalized spacial score (nSPS) is 19.4. The Morgan fingerprint density at radius 3 is 2.71 bits per heavy atom. The molecule has 0 saturated heterocycles. The fourth-order valence-electron chi connectivity index (χ4n) is 3.48. The minimum absolute atomic E-state index is 0.0510. The molecular formula is C24H28FN3O5S. The first-order chi connectivity index (χ1) is 16.0. The van der Waals surface area contributed by atoms with E-state index < -0.39 is 28.0 Å².